The number of halogens is 2. The van der Waals surface area contributed by atoms with Gasteiger partial charge in [0.25, 0.3) is 0 Å². The van der Waals surface area contributed by atoms with Gasteiger partial charge in [-0.15, -0.1) is 5.10 Å². The van der Waals surface area contributed by atoms with Gasteiger partial charge in [-0.2, -0.15) is 0 Å². The second kappa shape index (κ2) is 5.80. The molecule has 0 bridgehead atoms. The molecule has 0 aliphatic heterocycles. The molecule has 0 fully saturated rings. The third-order valence-electron chi connectivity index (χ3n) is 2.72. The second-order valence-corrected chi connectivity index (χ2v) is 5.63. The van der Waals surface area contributed by atoms with Crippen molar-refractivity contribution in [3.8, 4) is 5.69 Å². The van der Waals surface area contributed by atoms with Crippen LogP contribution in [0.5, 0.6) is 0 Å². The van der Waals surface area contributed by atoms with Crippen molar-refractivity contribution in [2.75, 3.05) is 5.32 Å². The van der Waals surface area contributed by atoms with Gasteiger partial charge in [0, 0.05) is 0 Å². The Morgan fingerprint density at radius 1 is 1.25 bits per heavy atom. The van der Waals surface area contributed by atoms with Gasteiger partial charge in [-0.3, -0.25) is 0 Å². The first kappa shape index (κ1) is 13.4. The van der Waals surface area contributed by atoms with Crippen LogP contribution in [0.15, 0.2) is 56.3 Å². The molecule has 2 aromatic heterocycles. The van der Waals surface area contributed by atoms with Crippen LogP contribution in [0.2, 0.25) is 0 Å². The Kier molecular flexibility index (Phi) is 3.88. The summed E-state index contributed by atoms with van der Waals surface area (Å²) < 4.78 is 8.85. The number of nitrogens with zero attached hydrogens (tertiary/aromatic N) is 3. The highest BCUT2D eigenvalue weighted by molar-refractivity contribution is 9.13. The molecule has 20 heavy (non-hydrogen) atoms. The van der Waals surface area contributed by atoms with Gasteiger partial charge >= 0.3 is 0 Å². The maximum absolute atomic E-state index is 5.54. The van der Waals surface area contributed by atoms with Gasteiger partial charge in [-0.25, -0.2) is 4.68 Å². The lowest BCUT2D eigenvalue weighted by Gasteiger charge is -2.10. The van der Waals surface area contributed by atoms with E-state index < -0.39 is 0 Å². The van der Waals surface area contributed by atoms with E-state index in [1.54, 1.807) is 17.1 Å². The van der Waals surface area contributed by atoms with Gasteiger partial charge in [0.2, 0.25) is 0 Å². The highest BCUT2D eigenvalue weighted by Crippen LogP contribution is 2.27. The minimum atomic E-state index is 0.579. The molecule has 5 nitrogen and oxygen atoms in total. The second-order valence-electron chi connectivity index (χ2n) is 4.05. The zero-order valence-electron chi connectivity index (χ0n) is 10.3. The molecule has 3 rings (SSSR count). The van der Waals surface area contributed by atoms with E-state index in [4.69, 9.17) is 4.42 Å². The average Bonchev–Trinajstić information content (AvgIpc) is 3.08. The first-order valence-corrected chi connectivity index (χ1v) is 7.46. The molecule has 7 heteroatoms. The van der Waals surface area contributed by atoms with Gasteiger partial charge in [-0.1, -0.05) is 17.3 Å². The zero-order valence-corrected chi connectivity index (χ0v) is 13.4. The summed E-state index contributed by atoms with van der Waals surface area (Å²) in [7, 11) is 0. The first-order chi connectivity index (χ1) is 9.74. The van der Waals surface area contributed by atoms with E-state index >= 15 is 0 Å². The fourth-order valence-electron chi connectivity index (χ4n) is 1.82. The summed E-state index contributed by atoms with van der Waals surface area (Å²) in [6, 6.07) is 9.82. The van der Waals surface area contributed by atoms with E-state index in [2.05, 4.69) is 47.5 Å². The Balaban J connectivity index is 1.81. The van der Waals surface area contributed by atoms with Crippen LogP contribution in [0.4, 0.5) is 5.69 Å². The predicted molar refractivity (Wildman–Crippen MR) is 82.8 cm³/mol. The quantitative estimate of drug-likeness (QED) is 0.722. The van der Waals surface area contributed by atoms with Gasteiger partial charge in [0.1, 0.15) is 5.76 Å². The molecule has 1 aromatic carbocycles. The number of para-hydroxylation sites is 2. The molecule has 0 amide bonds. The Labute approximate surface area is 132 Å². The summed E-state index contributed by atoms with van der Waals surface area (Å²) in [6.45, 7) is 0.579. The number of rotatable bonds is 4. The molecule has 102 valence electrons. The number of benzene rings is 1. The van der Waals surface area contributed by atoms with Crippen molar-refractivity contribution in [3.63, 3.8) is 0 Å². The van der Waals surface area contributed by atoms with Crippen molar-refractivity contribution in [1.82, 2.24) is 15.0 Å². The standard InChI is InChI=1S/C13H10Br2N4O/c14-10-7-9(20-13(10)15)8-16-11-3-1-2-4-12(11)19-6-5-17-18-19/h1-7,16H,8H2. The molecule has 0 unspecified atom stereocenters. The summed E-state index contributed by atoms with van der Waals surface area (Å²) in [5.74, 6) is 0.831. The van der Waals surface area contributed by atoms with Crippen LogP contribution in [0.3, 0.4) is 0 Å². The molecular formula is C13H10Br2N4O. The third kappa shape index (κ3) is 2.78. The molecule has 0 saturated heterocycles. The van der Waals surface area contributed by atoms with Crippen LogP contribution >= 0.6 is 31.9 Å². The number of anilines is 1. The van der Waals surface area contributed by atoms with Crippen LogP contribution in [-0.2, 0) is 6.54 Å². The summed E-state index contributed by atoms with van der Waals surface area (Å²) in [5.41, 5.74) is 1.90. The maximum Gasteiger partial charge on any atom is 0.183 e. The Hall–Kier alpha value is -1.60. The lowest BCUT2D eigenvalue weighted by atomic mass is 10.2. The lowest BCUT2D eigenvalue weighted by Crippen LogP contribution is -2.04. The van der Waals surface area contributed by atoms with E-state index in [9.17, 15) is 0 Å². The van der Waals surface area contributed by atoms with Crippen LogP contribution < -0.4 is 5.32 Å². The molecule has 1 N–H and O–H groups in total. The topological polar surface area (TPSA) is 55.9 Å². The third-order valence-corrected chi connectivity index (χ3v) is 4.43. The van der Waals surface area contributed by atoms with Gasteiger partial charge in [0.05, 0.1) is 34.8 Å². The van der Waals surface area contributed by atoms with Gasteiger partial charge < -0.3 is 9.73 Å². The highest BCUT2D eigenvalue weighted by atomic mass is 79.9. The maximum atomic E-state index is 5.54. The van der Waals surface area contributed by atoms with Crippen LogP contribution in [0, 0.1) is 0 Å². The highest BCUT2D eigenvalue weighted by Gasteiger charge is 2.08. The number of hydrogen-bond acceptors (Lipinski definition) is 4. The van der Waals surface area contributed by atoms with Crippen molar-refractivity contribution in [2.24, 2.45) is 0 Å². The number of furan rings is 1. The largest absolute Gasteiger partial charge is 0.451 e. The van der Waals surface area contributed by atoms with E-state index in [1.807, 2.05) is 30.3 Å². The molecule has 0 spiro atoms. The molecule has 2 heterocycles. The van der Waals surface area contributed by atoms with Crippen molar-refractivity contribution < 1.29 is 4.42 Å². The Bertz CT molecular complexity index is 689. The molecule has 0 saturated carbocycles. The molecule has 0 aliphatic carbocycles. The van der Waals surface area contributed by atoms with E-state index in [1.165, 1.54) is 0 Å². The fraction of sp³-hybridized carbons (Fsp3) is 0.0769. The first-order valence-electron chi connectivity index (χ1n) is 5.87. The van der Waals surface area contributed by atoms with Gasteiger partial charge in [0.15, 0.2) is 4.67 Å². The van der Waals surface area contributed by atoms with E-state index in [0.717, 1.165) is 21.6 Å². The van der Waals surface area contributed by atoms with E-state index in [0.29, 0.717) is 11.2 Å². The van der Waals surface area contributed by atoms with Crippen LogP contribution in [0.1, 0.15) is 5.76 Å². The Morgan fingerprint density at radius 2 is 2.10 bits per heavy atom. The minimum Gasteiger partial charge on any atom is -0.451 e. The van der Waals surface area contributed by atoms with Crippen LogP contribution in [-0.4, -0.2) is 15.0 Å². The van der Waals surface area contributed by atoms with Crippen molar-refractivity contribution in [2.45, 2.75) is 6.54 Å². The Morgan fingerprint density at radius 3 is 2.80 bits per heavy atom. The lowest BCUT2D eigenvalue weighted by molar-refractivity contribution is 0.494. The van der Waals surface area contributed by atoms with Crippen molar-refractivity contribution in [1.29, 1.82) is 0 Å². The summed E-state index contributed by atoms with van der Waals surface area (Å²) in [5, 5.41) is 11.2. The molecule has 0 atom stereocenters. The minimum absolute atomic E-state index is 0.579. The average molecular weight is 398 g/mol. The monoisotopic (exact) mass is 396 g/mol. The SMILES string of the molecule is Brc1cc(CNc2ccccc2-n2ccnn2)oc1Br. The number of hydrogen-bond donors (Lipinski definition) is 1. The zero-order chi connectivity index (χ0) is 13.9. The van der Waals surface area contributed by atoms with E-state index in [-0.39, 0.29) is 0 Å². The van der Waals surface area contributed by atoms with Gasteiger partial charge in [-0.05, 0) is 50.1 Å². The summed E-state index contributed by atoms with van der Waals surface area (Å²) in [4.78, 5) is 0. The van der Waals surface area contributed by atoms with Crippen molar-refractivity contribution >= 4 is 37.5 Å². The summed E-state index contributed by atoms with van der Waals surface area (Å²) >= 11 is 6.72. The predicted octanol–water partition coefficient (Wildman–Crippen LogP) is 4.00. The molecular weight excluding hydrogens is 388 g/mol. The fourth-order valence-corrected chi connectivity index (χ4v) is 2.48. The number of aromatic nitrogens is 3. The van der Waals surface area contributed by atoms with Crippen LogP contribution in [0.25, 0.3) is 5.69 Å². The smallest absolute Gasteiger partial charge is 0.183 e. The normalized spacial score (nSPS) is 10.7. The van der Waals surface area contributed by atoms with Crippen molar-refractivity contribution in [3.05, 3.63) is 57.6 Å². The number of nitrogens with one attached hydrogen (secondary N) is 1. The molecule has 0 radical (unpaired) electrons. The molecule has 3 aromatic rings. The summed E-state index contributed by atoms with van der Waals surface area (Å²) in [6.07, 6.45) is 3.46. The molecule has 0 aliphatic rings.